The number of amides is 1. The molecule has 2 aromatic rings. The summed E-state index contributed by atoms with van der Waals surface area (Å²) in [6, 6.07) is 7.20. The third-order valence-electron chi connectivity index (χ3n) is 2.65. The number of hydrogen-bond donors (Lipinski definition) is 2. The first-order valence-corrected chi connectivity index (χ1v) is 6.05. The minimum atomic E-state index is -0.125. The highest BCUT2D eigenvalue weighted by molar-refractivity contribution is 5.94. The van der Waals surface area contributed by atoms with E-state index in [2.05, 4.69) is 15.5 Å². The third-order valence-corrected chi connectivity index (χ3v) is 2.65. The van der Waals surface area contributed by atoms with E-state index in [1.807, 2.05) is 12.1 Å². The Bertz CT molecular complexity index is 554. The molecule has 3 N–H and O–H groups in total. The number of hydrogen-bond acceptors (Lipinski definition) is 5. The van der Waals surface area contributed by atoms with Crippen LogP contribution < -0.4 is 11.1 Å². The number of nitrogens with zero attached hydrogens (tertiary/aromatic N) is 2. The van der Waals surface area contributed by atoms with Gasteiger partial charge in [0.2, 0.25) is 5.89 Å². The maximum atomic E-state index is 11.8. The van der Waals surface area contributed by atoms with Crippen LogP contribution in [0.1, 0.15) is 27.6 Å². The van der Waals surface area contributed by atoms with Gasteiger partial charge in [-0.3, -0.25) is 4.79 Å². The monoisotopic (exact) mass is 296 g/mol. The largest absolute Gasteiger partial charge is 0.352 e. The van der Waals surface area contributed by atoms with Gasteiger partial charge in [-0.2, -0.15) is 4.98 Å². The highest BCUT2D eigenvalue weighted by Crippen LogP contribution is 2.03. The first kappa shape index (κ1) is 16.1. The molecule has 1 amide bonds. The second-order valence-electron chi connectivity index (χ2n) is 4.14. The van der Waals surface area contributed by atoms with Crippen molar-refractivity contribution in [2.45, 2.75) is 19.9 Å². The number of nitrogens with one attached hydrogen (secondary N) is 1. The Morgan fingerprint density at radius 1 is 1.35 bits per heavy atom. The van der Waals surface area contributed by atoms with Crippen molar-refractivity contribution in [2.75, 3.05) is 6.54 Å². The molecule has 0 aliphatic heterocycles. The predicted molar refractivity (Wildman–Crippen MR) is 76.7 cm³/mol. The first-order chi connectivity index (χ1) is 9.19. The third kappa shape index (κ3) is 4.32. The molecule has 0 unspecified atom stereocenters. The predicted octanol–water partition coefficient (Wildman–Crippen LogP) is 1.23. The Labute approximate surface area is 123 Å². The smallest absolute Gasteiger partial charge is 0.251 e. The molecule has 0 radical (unpaired) electrons. The van der Waals surface area contributed by atoms with Gasteiger partial charge in [-0.25, -0.2) is 0 Å². The zero-order chi connectivity index (χ0) is 13.7. The SMILES string of the molecule is Cc1noc(CCNC(=O)c2ccc(CN)cc2)n1.Cl. The number of carbonyl (C=O) groups excluding carboxylic acids is 1. The molecular formula is C13H17ClN4O2. The number of aryl methyl sites for hydroxylation is 1. The minimum Gasteiger partial charge on any atom is -0.352 e. The average molecular weight is 297 g/mol. The molecule has 108 valence electrons. The molecule has 1 aromatic carbocycles. The van der Waals surface area contributed by atoms with Gasteiger partial charge in [0.1, 0.15) is 0 Å². The van der Waals surface area contributed by atoms with E-state index in [-0.39, 0.29) is 18.3 Å². The van der Waals surface area contributed by atoms with Crippen molar-refractivity contribution in [1.29, 1.82) is 0 Å². The molecule has 0 saturated carbocycles. The molecule has 0 aliphatic rings. The van der Waals surface area contributed by atoms with Crippen LogP contribution in [-0.4, -0.2) is 22.6 Å². The van der Waals surface area contributed by atoms with E-state index in [0.717, 1.165) is 5.56 Å². The van der Waals surface area contributed by atoms with Gasteiger partial charge in [-0.05, 0) is 24.6 Å². The van der Waals surface area contributed by atoms with Gasteiger partial charge >= 0.3 is 0 Å². The lowest BCUT2D eigenvalue weighted by Crippen LogP contribution is -2.25. The van der Waals surface area contributed by atoms with Crippen LogP contribution in [-0.2, 0) is 13.0 Å². The lowest BCUT2D eigenvalue weighted by molar-refractivity contribution is 0.0953. The molecule has 0 aliphatic carbocycles. The zero-order valence-corrected chi connectivity index (χ0v) is 11.9. The van der Waals surface area contributed by atoms with Crippen LogP contribution in [0.2, 0.25) is 0 Å². The molecule has 0 saturated heterocycles. The molecule has 7 heteroatoms. The summed E-state index contributed by atoms with van der Waals surface area (Å²) in [6.45, 7) is 2.68. The second kappa shape index (κ2) is 7.62. The maximum Gasteiger partial charge on any atom is 0.251 e. The molecule has 0 fully saturated rings. The second-order valence-corrected chi connectivity index (χ2v) is 4.14. The van der Waals surface area contributed by atoms with Crippen LogP contribution in [0.15, 0.2) is 28.8 Å². The van der Waals surface area contributed by atoms with Crippen molar-refractivity contribution in [3.05, 3.63) is 47.1 Å². The van der Waals surface area contributed by atoms with Gasteiger partial charge in [-0.15, -0.1) is 12.4 Å². The fourth-order valence-corrected chi connectivity index (χ4v) is 1.62. The van der Waals surface area contributed by atoms with E-state index in [0.29, 0.717) is 36.8 Å². The summed E-state index contributed by atoms with van der Waals surface area (Å²) in [5.74, 6) is 0.995. The standard InChI is InChI=1S/C13H16N4O2.ClH/c1-9-16-12(19-17-9)6-7-15-13(18)11-4-2-10(8-14)3-5-11;/h2-5H,6-8,14H2,1H3,(H,15,18);1H. The van der Waals surface area contributed by atoms with Crippen LogP contribution in [0.4, 0.5) is 0 Å². The van der Waals surface area contributed by atoms with Crippen LogP contribution in [0.5, 0.6) is 0 Å². The topological polar surface area (TPSA) is 94.0 Å². The number of carbonyl (C=O) groups is 1. The van der Waals surface area contributed by atoms with Crippen molar-refractivity contribution >= 4 is 18.3 Å². The van der Waals surface area contributed by atoms with E-state index >= 15 is 0 Å². The quantitative estimate of drug-likeness (QED) is 0.865. The summed E-state index contributed by atoms with van der Waals surface area (Å²) in [7, 11) is 0. The molecule has 2 rings (SSSR count). The van der Waals surface area contributed by atoms with E-state index in [1.165, 1.54) is 0 Å². The van der Waals surface area contributed by atoms with Gasteiger partial charge in [0.05, 0.1) is 0 Å². The minimum absolute atomic E-state index is 0. The van der Waals surface area contributed by atoms with Crippen molar-refractivity contribution in [2.24, 2.45) is 5.73 Å². The maximum absolute atomic E-state index is 11.8. The van der Waals surface area contributed by atoms with Gasteiger partial charge in [0.25, 0.3) is 5.91 Å². The molecule has 6 nitrogen and oxygen atoms in total. The number of aromatic nitrogens is 2. The van der Waals surface area contributed by atoms with Crippen molar-refractivity contribution < 1.29 is 9.32 Å². The summed E-state index contributed by atoms with van der Waals surface area (Å²) in [5, 5.41) is 6.48. The average Bonchev–Trinajstić information content (AvgIpc) is 2.84. The van der Waals surface area contributed by atoms with Crippen molar-refractivity contribution in [3.8, 4) is 0 Å². The Kier molecular flexibility index (Phi) is 6.14. The van der Waals surface area contributed by atoms with Gasteiger partial charge in [0, 0.05) is 25.1 Å². The summed E-state index contributed by atoms with van der Waals surface area (Å²) in [6.07, 6.45) is 0.521. The summed E-state index contributed by atoms with van der Waals surface area (Å²) < 4.78 is 4.96. The molecule has 0 bridgehead atoms. The Balaban J connectivity index is 0.00000200. The van der Waals surface area contributed by atoms with Crippen LogP contribution in [0.25, 0.3) is 0 Å². The zero-order valence-electron chi connectivity index (χ0n) is 11.1. The van der Waals surface area contributed by atoms with Crippen molar-refractivity contribution in [1.82, 2.24) is 15.5 Å². The Hall–Kier alpha value is -1.92. The summed E-state index contributed by atoms with van der Waals surface area (Å²) in [5.41, 5.74) is 7.11. The van der Waals surface area contributed by atoms with Crippen molar-refractivity contribution in [3.63, 3.8) is 0 Å². The lowest BCUT2D eigenvalue weighted by Gasteiger charge is -2.04. The lowest BCUT2D eigenvalue weighted by atomic mass is 10.1. The number of benzene rings is 1. The van der Waals surface area contributed by atoms with Gasteiger partial charge in [-0.1, -0.05) is 17.3 Å². The number of nitrogens with two attached hydrogens (primary N) is 1. The Morgan fingerprint density at radius 2 is 2.05 bits per heavy atom. The first-order valence-electron chi connectivity index (χ1n) is 6.05. The van der Waals surface area contributed by atoms with Gasteiger partial charge in [0.15, 0.2) is 5.82 Å². The van der Waals surface area contributed by atoms with E-state index in [4.69, 9.17) is 10.3 Å². The fraction of sp³-hybridized carbons (Fsp3) is 0.308. The highest BCUT2D eigenvalue weighted by atomic mass is 35.5. The molecule has 1 heterocycles. The summed E-state index contributed by atoms with van der Waals surface area (Å²) >= 11 is 0. The van der Waals surface area contributed by atoms with E-state index in [1.54, 1.807) is 19.1 Å². The number of rotatable bonds is 5. The molecule has 0 atom stereocenters. The normalized spacial score (nSPS) is 9.90. The van der Waals surface area contributed by atoms with Crippen LogP contribution in [0.3, 0.4) is 0 Å². The van der Waals surface area contributed by atoms with E-state index < -0.39 is 0 Å². The van der Waals surface area contributed by atoms with Crippen LogP contribution in [0, 0.1) is 6.92 Å². The van der Waals surface area contributed by atoms with Crippen LogP contribution >= 0.6 is 12.4 Å². The molecular weight excluding hydrogens is 280 g/mol. The van der Waals surface area contributed by atoms with Gasteiger partial charge < -0.3 is 15.6 Å². The number of halogens is 1. The summed E-state index contributed by atoms with van der Waals surface area (Å²) in [4.78, 5) is 15.9. The molecule has 0 spiro atoms. The highest BCUT2D eigenvalue weighted by Gasteiger charge is 2.06. The van der Waals surface area contributed by atoms with E-state index in [9.17, 15) is 4.79 Å². The fourth-order valence-electron chi connectivity index (χ4n) is 1.62. The molecule has 1 aromatic heterocycles. The molecule has 20 heavy (non-hydrogen) atoms. The Morgan fingerprint density at radius 3 is 2.60 bits per heavy atom.